The third-order valence-electron chi connectivity index (χ3n) is 6.44. The minimum Gasteiger partial charge on any atom is -0.390 e. The van der Waals surface area contributed by atoms with Crippen molar-refractivity contribution in [2.45, 2.75) is 63.1 Å². The van der Waals surface area contributed by atoms with Crippen LogP contribution in [0.5, 0.6) is 0 Å². The summed E-state index contributed by atoms with van der Waals surface area (Å²) in [5.74, 6) is 1.59. The molecule has 0 bridgehead atoms. The van der Waals surface area contributed by atoms with Crippen LogP contribution < -0.4 is 21.3 Å². The number of hydrogen-bond donors (Lipinski definition) is 6. The molecule has 0 aromatic carbocycles. The van der Waals surface area contributed by atoms with E-state index in [1.807, 2.05) is 18.4 Å². The van der Waals surface area contributed by atoms with Crippen LogP contribution in [0.3, 0.4) is 0 Å². The Labute approximate surface area is 196 Å². The monoisotopic (exact) mass is 470 g/mol. The Morgan fingerprint density at radius 1 is 1.18 bits per heavy atom. The number of amides is 1. The van der Waals surface area contributed by atoms with Crippen molar-refractivity contribution in [2.24, 2.45) is 0 Å². The molecule has 3 aromatic rings. The summed E-state index contributed by atoms with van der Waals surface area (Å²) in [5, 5.41) is 32.3. The lowest BCUT2D eigenvalue weighted by molar-refractivity contribution is 0.0196. The largest absolute Gasteiger partial charge is 0.390 e. The molecule has 1 amide bonds. The number of H-pyrrole nitrogens is 1. The maximum atomic E-state index is 12.5. The van der Waals surface area contributed by atoms with E-state index in [0.717, 1.165) is 67.6 Å². The Morgan fingerprint density at radius 2 is 1.97 bits per heavy atom. The fourth-order valence-corrected chi connectivity index (χ4v) is 5.23. The van der Waals surface area contributed by atoms with Crippen LogP contribution in [0.2, 0.25) is 0 Å². The summed E-state index contributed by atoms with van der Waals surface area (Å²) in [4.78, 5) is 21.9. The van der Waals surface area contributed by atoms with Crippen LogP contribution in [0.1, 0.15) is 55.9 Å². The van der Waals surface area contributed by atoms with Crippen LogP contribution in [0.4, 0.5) is 17.6 Å². The quantitative estimate of drug-likeness (QED) is 0.323. The molecule has 33 heavy (non-hydrogen) atoms. The lowest BCUT2D eigenvalue weighted by Crippen LogP contribution is -2.42. The molecular formula is C22H30N8O2S. The van der Waals surface area contributed by atoms with Crippen LogP contribution in [0.15, 0.2) is 17.5 Å². The van der Waals surface area contributed by atoms with Gasteiger partial charge in [0.15, 0.2) is 5.69 Å². The molecule has 11 heteroatoms. The van der Waals surface area contributed by atoms with Crippen LogP contribution >= 0.6 is 11.3 Å². The van der Waals surface area contributed by atoms with Crippen molar-refractivity contribution in [2.75, 3.05) is 23.7 Å². The minimum absolute atomic E-state index is 0.174. The van der Waals surface area contributed by atoms with Gasteiger partial charge in [0, 0.05) is 18.2 Å². The van der Waals surface area contributed by atoms with Gasteiger partial charge in [0.05, 0.1) is 15.8 Å². The highest BCUT2D eigenvalue weighted by atomic mass is 32.1. The number of fused-ring (bicyclic) bond motifs is 1. The van der Waals surface area contributed by atoms with Crippen LogP contribution in [-0.2, 0) is 0 Å². The van der Waals surface area contributed by atoms with Crippen molar-refractivity contribution >= 4 is 45.0 Å². The zero-order chi connectivity index (χ0) is 22.8. The standard InChI is InChI=1S/C22H30N8O2S/c1-22(32)7-2-13(3-8-22)24-19-18-15(6-11-33-18)26-21(28-19)27-17-12-16(29-30-17)20(31)25-14-4-9-23-10-5-14/h6,11-14,23,32H,2-5,7-10H2,1H3,(H,25,31)(H3,24,26,27,28,29,30)/t13-,22-. The third kappa shape index (κ3) is 5.26. The van der Waals surface area contributed by atoms with E-state index in [9.17, 15) is 9.90 Å². The number of carbonyl (C=O) groups is 1. The second-order valence-electron chi connectivity index (χ2n) is 9.24. The van der Waals surface area contributed by atoms with Crippen molar-refractivity contribution in [3.8, 4) is 0 Å². The highest BCUT2D eigenvalue weighted by molar-refractivity contribution is 7.17. The number of thiophene rings is 1. The normalized spacial score (nSPS) is 24.0. The number of nitrogens with zero attached hydrogens (tertiary/aromatic N) is 3. The first-order valence-corrected chi connectivity index (χ1v) is 12.4. The fraction of sp³-hybridized carbons (Fsp3) is 0.545. The lowest BCUT2D eigenvalue weighted by Gasteiger charge is -2.33. The molecule has 2 aliphatic rings. The van der Waals surface area contributed by atoms with E-state index in [4.69, 9.17) is 4.98 Å². The van der Waals surface area contributed by atoms with Crippen LogP contribution in [0, 0.1) is 0 Å². The zero-order valence-electron chi connectivity index (χ0n) is 18.6. The number of aliphatic hydroxyl groups is 1. The molecule has 1 saturated heterocycles. The molecule has 0 spiro atoms. The molecule has 4 heterocycles. The van der Waals surface area contributed by atoms with Gasteiger partial charge in [-0.25, -0.2) is 4.98 Å². The molecule has 10 nitrogen and oxygen atoms in total. The number of piperidine rings is 1. The van der Waals surface area contributed by atoms with E-state index in [1.54, 1.807) is 17.4 Å². The van der Waals surface area contributed by atoms with Crippen molar-refractivity contribution < 1.29 is 9.90 Å². The number of hydrogen-bond acceptors (Lipinski definition) is 9. The summed E-state index contributed by atoms with van der Waals surface area (Å²) in [6.45, 7) is 3.73. The predicted octanol–water partition coefficient (Wildman–Crippen LogP) is 2.75. The lowest BCUT2D eigenvalue weighted by atomic mass is 9.84. The molecule has 0 atom stereocenters. The first-order chi connectivity index (χ1) is 15.9. The highest BCUT2D eigenvalue weighted by Gasteiger charge is 2.29. The third-order valence-corrected chi connectivity index (χ3v) is 7.35. The average molecular weight is 471 g/mol. The Kier molecular flexibility index (Phi) is 6.17. The van der Waals surface area contributed by atoms with E-state index in [1.165, 1.54) is 0 Å². The molecule has 5 rings (SSSR count). The molecule has 3 aromatic heterocycles. The van der Waals surface area contributed by atoms with Gasteiger partial charge in [-0.3, -0.25) is 9.89 Å². The molecule has 0 unspecified atom stereocenters. The number of rotatable bonds is 6. The van der Waals surface area contributed by atoms with E-state index in [-0.39, 0.29) is 18.0 Å². The topological polar surface area (TPSA) is 140 Å². The Balaban J connectivity index is 1.28. The number of aromatic nitrogens is 4. The van der Waals surface area contributed by atoms with E-state index >= 15 is 0 Å². The average Bonchev–Trinajstić information content (AvgIpc) is 3.46. The number of anilines is 3. The number of nitrogens with one attached hydrogen (secondary N) is 5. The van der Waals surface area contributed by atoms with Crippen molar-refractivity contribution in [3.63, 3.8) is 0 Å². The zero-order valence-corrected chi connectivity index (χ0v) is 19.5. The van der Waals surface area contributed by atoms with Gasteiger partial charge in [0.2, 0.25) is 5.95 Å². The summed E-state index contributed by atoms with van der Waals surface area (Å²) in [5.41, 5.74) is 0.610. The Bertz CT molecular complexity index is 1110. The maximum Gasteiger partial charge on any atom is 0.272 e. The van der Waals surface area contributed by atoms with Crippen LogP contribution in [-0.4, -0.2) is 62.0 Å². The van der Waals surface area contributed by atoms with E-state index in [2.05, 4.69) is 36.4 Å². The van der Waals surface area contributed by atoms with Gasteiger partial charge in [-0.1, -0.05) is 0 Å². The Morgan fingerprint density at radius 3 is 2.76 bits per heavy atom. The summed E-state index contributed by atoms with van der Waals surface area (Å²) in [6, 6.07) is 4.08. The molecule has 1 saturated carbocycles. The van der Waals surface area contributed by atoms with Gasteiger partial charge in [-0.2, -0.15) is 10.1 Å². The molecule has 176 valence electrons. The van der Waals surface area contributed by atoms with Crippen LogP contribution in [0.25, 0.3) is 10.2 Å². The highest BCUT2D eigenvalue weighted by Crippen LogP contribution is 2.33. The van der Waals surface area contributed by atoms with Gasteiger partial charge in [-0.15, -0.1) is 11.3 Å². The SMILES string of the molecule is C[C@]1(O)CC[C@H](Nc2nc(Nc3cc(C(=O)NC4CCNCC4)n[nH]3)nc3ccsc23)CC1. The summed E-state index contributed by atoms with van der Waals surface area (Å²) in [6.07, 6.45) is 5.16. The minimum atomic E-state index is -0.576. The molecule has 6 N–H and O–H groups in total. The van der Waals surface area contributed by atoms with Crippen molar-refractivity contribution in [3.05, 3.63) is 23.2 Å². The fourth-order valence-electron chi connectivity index (χ4n) is 4.44. The van der Waals surface area contributed by atoms with Gasteiger partial charge in [0.25, 0.3) is 5.91 Å². The van der Waals surface area contributed by atoms with Gasteiger partial charge in [-0.05, 0) is 70.0 Å². The summed E-state index contributed by atoms with van der Waals surface area (Å²) >= 11 is 1.60. The van der Waals surface area contributed by atoms with E-state index in [0.29, 0.717) is 17.5 Å². The first-order valence-electron chi connectivity index (χ1n) is 11.5. The summed E-state index contributed by atoms with van der Waals surface area (Å²) < 4.78 is 1.00. The van der Waals surface area contributed by atoms with E-state index < -0.39 is 5.60 Å². The number of aromatic amines is 1. The maximum absolute atomic E-state index is 12.5. The Hall–Kier alpha value is -2.76. The molecular weight excluding hydrogens is 440 g/mol. The first kappa shape index (κ1) is 22.1. The van der Waals surface area contributed by atoms with Gasteiger partial charge in [0.1, 0.15) is 11.6 Å². The van der Waals surface area contributed by atoms with Gasteiger partial charge < -0.3 is 26.4 Å². The number of carbonyl (C=O) groups excluding carboxylic acids is 1. The molecule has 1 aliphatic carbocycles. The second kappa shape index (κ2) is 9.24. The summed E-state index contributed by atoms with van der Waals surface area (Å²) in [7, 11) is 0. The van der Waals surface area contributed by atoms with Crippen molar-refractivity contribution in [1.82, 2.24) is 30.8 Å². The van der Waals surface area contributed by atoms with Crippen molar-refractivity contribution in [1.29, 1.82) is 0 Å². The smallest absolute Gasteiger partial charge is 0.272 e. The van der Waals surface area contributed by atoms with Gasteiger partial charge >= 0.3 is 0 Å². The molecule has 0 radical (unpaired) electrons. The predicted molar refractivity (Wildman–Crippen MR) is 129 cm³/mol. The second-order valence-corrected chi connectivity index (χ2v) is 10.2. The molecule has 1 aliphatic heterocycles. The molecule has 2 fully saturated rings.